The predicted molar refractivity (Wildman–Crippen MR) is 50.3 cm³/mol. The van der Waals surface area contributed by atoms with E-state index >= 15 is 0 Å². The molecule has 1 aromatic rings. The van der Waals surface area contributed by atoms with Crippen molar-refractivity contribution in [2.75, 3.05) is 19.8 Å². The van der Waals surface area contributed by atoms with Crippen LogP contribution in [0.2, 0.25) is 0 Å². The number of carbonyl (C=O) groups excluding carboxylic acids is 1. The van der Waals surface area contributed by atoms with Gasteiger partial charge in [-0.2, -0.15) is 0 Å². The Morgan fingerprint density at radius 2 is 2.08 bits per heavy atom. The fourth-order valence-corrected chi connectivity index (χ4v) is 1.44. The van der Waals surface area contributed by atoms with Crippen LogP contribution in [0.3, 0.4) is 0 Å². The first-order chi connectivity index (χ1) is 6.38. The normalized spacial score (nSPS) is 16.2. The van der Waals surface area contributed by atoms with E-state index in [1.54, 1.807) is 0 Å². The third-order valence-electron chi connectivity index (χ3n) is 2.17. The summed E-state index contributed by atoms with van der Waals surface area (Å²) in [4.78, 5) is 13.5. The molecule has 1 aromatic carbocycles. The molecule has 0 bridgehead atoms. The second-order valence-electron chi connectivity index (χ2n) is 3.09. The van der Waals surface area contributed by atoms with Crippen LogP contribution in [-0.4, -0.2) is 30.6 Å². The largest absolute Gasteiger partial charge is 0.325 e. The first kappa shape index (κ1) is 8.26. The Hall–Kier alpha value is -1.35. The van der Waals surface area contributed by atoms with E-state index < -0.39 is 0 Å². The van der Waals surface area contributed by atoms with E-state index in [0.29, 0.717) is 6.67 Å². The number of hydrogen-bond acceptors (Lipinski definition) is 2. The van der Waals surface area contributed by atoms with Crippen LogP contribution >= 0.6 is 0 Å². The molecule has 0 aromatic heterocycles. The maximum atomic E-state index is 11.7. The molecule has 1 saturated heterocycles. The summed E-state index contributed by atoms with van der Waals surface area (Å²) in [5.74, 6) is 0.116. The van der Waals surface area contributed by atoms with Crippen LogP contribution in [0.1, 0.15) is 10.4 Å². The van der Waals surface area contributed by atoms with Crippen molar-refractivity contribution < 1.29 is 4.79 Å². The van der Waals surface area contributed by atoms with E-state index in [-0.39, 0.29) is 5.91 Å². The summed E-state index contributed by atoms with van der Waals surface area (Å²) >= 11 is 0. The van der Waals surface area contributed by atoms with Gasteiger partial charge in [0.05, 0.1) is 6.67 Å². The van der Waals surface area contributed by atoms with Gasteiger partial charge in [0.15, 0.2) is 0 Å². The van der Waals surface area contributed by atoms with Gasteiger partial charge in [-0.3, -0.25) is 10.1 Å². The van der Waals surface area contributed by atoms with Crippen LogP contribution < -0.4 is 5.32 Å². The summed E-state index contributed by atoms with van der Waals surface area (Å²) in [6.45, 7) is 2.39. The Morgan fingerprint density at radius 3 is 2.69 bits per heavy atom. The standard InChI is InChI=1S/C10H12N2O/c13-10(12-7-6-11-8-12)9-4-2-1-3-5-9/h1-5,11H,6-8H2. The van der Waals surface area contributed by atoms with Gasteiger partial charge in [-0.25, -0.2) is 0 Å². The number of nitrogens with one attached hydrogen (secondary N) is 1. The Kier molecular flexibility index (Phi) is 2.27. The maximum Gasteiger partial charge on any atom is 0.254 e. The molecule has 1 amide bonds. The third-order valence-corrected chi connectivity index (χ3v) is 2.17. The SMILES string of the molecule is O=C(c1ccccc1)N1CCNC1. The van der Waals surface area contributed by atoms with Crippen molar-refractivity contribution in [2.24, 2.45) is 0 Å². The van der Waals surface area contributed by atoms with Crippen molar-refractivity contribution in [1.82, 2.24) is 10.2 Å². The van der Waals surface area contributed by atoms with E-state index in [2.05, 4.69) is 5.32 Å². The molecule has 2 rings (SSSR count). The summed E-state index contributed by atoms with van der Waals surface area (Å²) in [6, 6.07) is 9.38. The fraction of sp³-hybridized carbons (Fsp3) is 0.300. The lowest BCUT2D eigenvalue weighted by Crippen LogP contribution is -2.29. The molecule has 3 nitrogen and oxygen atoms in total. The summed E-state index contributed by atoms with van der Waals surface area (Å²) in [7, 11) is 0. The molecule has 0 unspecified atom stereocenters. The molecule has 1 heterocycles. The molecule has 1 fully saturated rings. The number of carbonyl (C=O) groups is 1. The van der Waals surface area contributed by atoms with Crippen LogP contribution in [0, 0.1) is 0 Å². The zero-order valence-corrected chi connectivity index (χ0v) is 7.36. The van der Waals surface area contributed by atoms with E-state index in [4.69, 9.17) is 0 Å². The maximum absolute atomic E-state index is 11.7. The number of hydrogen-bond donors (Lipinski definition) is 1. The van der Waals surface area contributed by atoms with Crippen molar-refractivity contribution in [3.63, 3.8) is 0 Å². The highest BCUT2D eigenvalue weighted by Crippen LogP contribution is 2.05. The Bertz CT molecular complexity index is 291. The molecule has 0 radical (unpaired) electrons. The predicted octanol–water partition coefficient (Wildman–Crippen LogP) is 0.690. The van der Waals surface area contributed by atoms with Crippen LogP contribution in [0.5, 0.6) is 0 Å². The van der Waals surface area contributed by atoms with Gasteiger partial charge in [-0.05, 0) is 12.1 Å². The second kappa shape index (κ2) is 3.58. The molecular formula is C10H12N2O. The van der Waals surface area contributed by atoms with E-state index in [1.165, 1.54) is 0 Å². The second-order valence-corrected chi connectivity index (χ2v) is 3.09. The van der Waals surface area contributed by atoms with Crippen molar-refractivity contribution in [2.45, 2.75) is 0 Å². The van der Waals surface area contributed by atoms with Gasteiger partial charge in [0.2, 0.25) is 0 Å². The van der Waals surface area contributed by atoms with E-state index in [9.17, 15) is 4.79 Å². The van der Waals surface area contributed by atoms with Crippen molar-refractivity contribution >= 4 is 5.91 Å². The van der Waals surface area contributed by atoms with Gasteiger partial charge >= 0.3 is 0 Å². The number of amides is 1. The fourth-order valence-electron chi connectivity index (χ4n) is 1.44. The molecule has 0 spiro atoms. The lowest BCUT2D eigenvalue weighted by Gasteiger charge is -2.13. The summed E-state index contributed by atoms with van der Waals surface area (Å²) < 4.78 is 0. The van der Waals surface area contributed by atoms with E-state index in [0.717, 1.165) is 18.7 Å². The number of nitrogens with zero attached hydrogens (tertiary/aromatic N) is 1. The van der Waals surface area contributed by atoms with Crippen LogP contribution in [0.25, 0.3) is 0 Å². The summed E-state index contributed by atoms with van der Waals surface area (Å²) in [6.07, 6.45) is 0. The molecule has 0 saturated carbocycles. The highest BCUT2D eigenvalue weighted by atomic mass is 16.2. The molecule has 1 aliphatic rings. The molecular weight excluding hydrogens is 164 g/mol. The highest BCUT2D eigenvalue weighted by Gasteiger charge is 2.18. The smallest absolute Gasteiger partial charge is 0.254 e. The molecule has 1 aliphatic heterocycles. The van der Waals surface area contributed by atoms with Crippen LogP contribution in [0.15, 0.2) is 30.3 Å². The van der Waals surface area contributed by atoms with Crippen molar-refractivity contribution in [3.05, 3.63) is 35.9 Å². The van der Waals surface area contributed by atoms with Gasteiger partial charge in [0.25, 0.3) is 5.91 Å². The topological polar surface area (TPSA) is 32.3 Å². The Balaban J connectivity index is 2.13. The van der Waals surface area contributed by atoms with Gasteiger partial charge in [-0.15, -0.1) is 0 Å². The molecule has 0 atom stereocenters. The molecule has 3 heteroatoms. The Morgan fingerprint density at radius 1 is 1.31 bits per heavy atom. The average Bonchev–Trinajstić information content (AvgIpc) is 2.71. The van der Waals surface area contributed by atoms with Gasteiger partial charge in [0.1, 0.15) is 0 Å². The summed E-state index contributed by atoms with van der Waals surface area (Å²) in [5.41, 5.74) is 0.770. The van der Waals surface area contributed by atoms with Crippen LogP contribution in [0.4, 0.5) is 0 Å². The zero-order valence-electron chi connectivity index (χ0n) is 7.36. The first-order valence-corrected chi connectivity index (χ1v) is 4.43. The van der Waals surface area contributed by atoms with E-state index in [1.807, 2.05) is 35.2 Å². The van der Waals surface area contributed by atoms with Crippen molar-refractivity contribution in [3.8, 4) is 0 Å². The Labute approximate surface area is 77.4 Å². The zero-order chi connectivity index (χ0) is 9.10. The minimum Gasteiger partial charge on any atom is -0.325 e. The van der Waals surface area contributed by atoms with Crippen LogP contribution in [-0.2, 0) is 0 Å². The minimum absolute atomic E-state index is 0.116. The number of rotatable bonds is 1. The van der Waals surface area contributed by atoms with Gasteiger partial charge in [0, 0.05) is 18.7 Å². The highest BCUT2D eigenvalue weighted by molar-refractivity contribution is 5.94. The molecule has 1 N–H and O–H groups in total. The molecule has 0 aliphatic carbocycles. The quantitative estimate of drug-likeness (QED) is 0.682. The van der Waals surface area contributed by atoms with Crippen molar-refractivity contribution in [1.29, 1.82) is 0 Å². The third kappa shape index (κ3) is 1.70. The summed E-state index contributed by atoms with van der Waals surface area (Å²) in [5, 5.41) is 3.13. The van der Waals surface area contributed by atoms with Gasteiger partial charge < -0.3 is 4.90 Å². The lowest BCUT2D eigenvalue weighted by atomic mass is 10.2. The first-order valence-electron chi connectivity index (χ1n) is 4.43. The number of benzene rings is 1. The lowest BCUT2D eigenvalue weighted by molar-refractivity contribution is 0.0791. The van der Waals surface area contributed by atoms with Gasteiger partial charge in [-0.1, -0.05) is 18.2 Å². The average molecular weight is 176 g/mol. The minimum atomic E-state index is 0.116. The molecule has 68 valence electrons. The molecule has 13 heavy (non-hydrogen) atoms. The monoisotopic (exact) mass is 176 g/mol.